The van der Waals surface area contributed by atoms with Crippen LogP contribution in [-0.2, 0) is 23.1 Å². The number of rotatable bonds is 6. The standard InChI is InChI=1S/C22H21N3O4S2/c1-3-25-19-8-4-5-9-20(19)30-22(25)23-21(26)16-10-12-18(13-11-16)31(27,28)24(2)15-17-7-6-14-29-17/h4-14H,3,15H2,1-2H3. The van der Waals surface area contributed by atoms with Crippen molar-refractivity contribution >= 4 is 37.5 Å². The topological polar surface area (TPSA) is 84.9 Å². The first-order chi connectivity index (χ1) is 14.9. The molecule has 160 valence electrons. The minimum atomic E-state index is -3.72. The molecule has 0 aliphatic heterocycles. The molecule has 1 amide bonds. The smallest absolute Gasteiger partial charge is 0.279 e. The van der Waals surface area contributed by atoms with E-state index in [0.717, 1.165) is 10.2 Å². The van der Waals surface area contributed by atoms with E-state index in [2.05, 4.69) is 4.99 Å². The average Bonchev–Trinajstić information content (AvgIpc) is 3.40. The second-order valence-corrected chi connectivity index (χ2v) is 9.93. The Morgan fingerprint density at radius 3 is 2.52 bits per heavy atom. The van der Waals surface area contributed by atoms with Gasteiger partial charge in [0.25, 0.3) is 5.91 Å². The average molecular weight is 456 g/mol. The molecule has 9 heteroatoms. The van der Waals surface area contributed by atoms with Gasteiger partial charge in [-0.1, -0.05) is 23.5 Å². The molecule has 0 unspecified atom stereocenters. The number of nitrogens with zero attached hydrogens (tertiary/aromatic N) is 3. The summed E-state index contributed by atoms with van der Waals surface area (Å²) in [6, 6.07) is 17.1. The van der Waals surface area contributed by atoms with E-state index in [-0.39, 0.29) is 11.4 Å². The predicted molar refractivity (Wildman–Crippen MR) is 119 cm³/mol. The third-order valence-electron chi connectivity index (χ3n) is 4.87. The lowest BCUT2D eigenvalue weighted by molar-refractivity contribution is 0.0997. The zero-order chi connectivity index (χ0) is 22.0. The molecule has 4 rings (SSSR count). The van der Waals surface area contributed by atoms with Crippen molar-refractivity contribution in [2.24, 2.45) is 4.99 Å². The van der Waals surface area contributed by atoms with Crippen LogP contribution in [-0.4, -0.2) is 30.2 Å². The van der Waals surface area contributed by atoms with E-state index in [1.54, 1.807) is 12.1 Å². The van der Waals surface area contributed by atoms with Crippen LogP contribution in [0.3, 0.4) is 0 Å². The summed E-state index contributed by atoms with van der Waals surface area (Å²) < 4.78 is 35.0. The van der Waals surface area contributed by atoms with E-state index in [1.165, 1.54) is 53.2 Å². The SMILES string of the molecule is CCn1c(=NC(=O)c2ccc(S(=O)(=O)N(C)Cc3ccco3)cc2)sc2ccccc21. The van der Waals surface area contributed by atoms with Gasteiger partial charge in [0.15, 0.2) is 4.80 Å². The lowest BCUT2D eigenvalue weighted by atomic mass is 10.2. The maximum absolute atomic E-state index is 12.8. The zero-order valence-electron chi connectivity index (χ0n) is 17.1. The fraction of sp³-hybridized carbons (Fsp3) is 0.182. The van der Waals surface area contributed by atoms with Crippen LogP contribution < -0.4 is 4.80 Å². The summed E-state index contributed by atoms with van der Waals surface area (Å²) in [4.78, 5) is 17.7. The maximum atomic E-state index is 12.8. The first-order valence-corrected chi connectivity index (χ1v) is 11.9. The number of sulfonamides is 1. The fourth-order valence-corrected chi connectivity index (χ4v) is 5.45. The molecule has 0 aliphatic carbocycles. The fourth-order valence-electron chi connectivity index (χ4n) is 3.22. The van der Waals surface area contributed by atoms with Crippen molar-refractivity contribution in [2.45, 2.75) is 24.9 Å². The number of benzene rings is 2. The normalized spacial score (nSPS) is 12.7. The zero-order valence-corrected chi connectivity index (χ0v) is 18.7. The third-order valence-corrected chi connectivity index (χ3v) is 7.75. The number of aromatic nitrogens is 1. The van der Waals surface area contributed by atoms with E-state index < -0.39 is 15.9 Å². The molecule has 0 fully saturated rings. The Balaban J connectivity index is 1.59. The number of para-hydroxylation sites is 1. The van der Waals surface area contributed by atoms with Gasteiger partial charge in [-0.05, 0) is 55.5 Å². The van der Waals surface area contributed by atoms with Crippen molar-refractivity contribution in [2.75, 3.05) is 7.05 Å². The Hall–Kier alpha value is -3.01. The van der Waals surface area contributed by atoms with Crippen molar-refractivity contribution in [3.05, 3.63) is 83.1 Å². The number of carbonyl (C=O) groups excluding carboxylic acids is 1. The summed E-state index contributed by atoms with van der Waals surface area (Å²) in [7, 11) is -2.23. The molecule has 0 saturated carbocycles. The second kappa shape index (κ2) is 8.62. The molecule has 31 heavy (non-hydrogen) atoms. The molecule has 0 N–H and O–H groups in total. The van der Waals surface area contributed by atoms with Gasteiger partial charge >= 0.3 is 0 Å². The molecule has 2 aromatic carbocycles. The van der Waals surface area contributed by atoms with Gasteiger partial charge in [-0.2, -0.15) is 9.30 Å². The van der Waals surface area contributed by atoms with Crippen LogP contribution in [0.25, 0.3) is 10.2 Å². The Bertz CT molecular complexity index is 1380. The lowest BCUT2D eigenvalue weighted by Gasteiger charge is -2.16. The summed E-state index contributed by atoms with van der Waals surface area (Å²) in [6.07, 6.45) is 1.50. The third kappa shape index (κ3) is 4.25. The van der Waals surface area contributed by atoms with E-state index in [4.69, 9.17) is 4.42 Å². The number of fused-ring (bicyclic) bond motifs is 1. The highest BCUT2D eigenvalue weighted by Gasteiger charge is 2.22. The molecular formula is C22H21N3O4S2. The molecule has 0 spiro atoms. The Kier molecular flexibility index (Phi) is 5.90. The van der Waals surface area contributed by atoms with Crippen molar-refractivity contribution < 1.29 is 17.6 Å². The maximum Gasteiger partial charge on any atom is 0.279 e. The molecule has 4 aromatic rings. The number of hydrogen-bond donors (Lipinski definition) is 0. The monoisotopic (exact) mass is 455 g/mol. The number of furan rings is 1. The quantitative estimate of drug-likeness (QED) is 0.442. The van der Waals surface area contributed by atoms with Crippen LogP contribution in [0.4, 0.5) is 0 Å². The summed E-state index contributed by atoms with van der Waals surface area (Å²) in [5.74, 6) is 0.130. The number of hydrogen-bond acceptors (Lipinski definition) is 5. The number of carbonyl (C=O) groups is 1. The van der Waals surface area contributed by atoms with Gasteiger partial charge in [0, 0.05) is 19.2 Å². The summed E-state index contributed by atoms with van der Waals surface area (Å²) >= 11 is 1.45. The van der Waals surface area contributed by atoms with Gasteiger partial charge < -0.3 is 8.98 Å². The number of amides is 1. The highest BCUT2D eigenvalue weighted by Crippen LogP contribution is 2.19. The first-order valence-electron chi connectivity index (χ1n) is 9.66. The molecule has 0 radical (unpaired) electrons. The first kappa shape index (κ1) is 21.2. The van der Waals surface area contributed by atoms with Crippen LogP contribution in [0.15, 0.2) is 81.2 Å². The summed E-state index contributed by atoms with van der Waals surface area (Å²) in [5, 5.41) is 0. The van der Waals surface area contributed by atoms with Crippen LogP contribution in [0, 0.1) is 0 Å². The van der Waals surface area contributed by atoms with E-state index in [0.29, 0.717) is 22.7 Å². The Morgan fingerprint density at radius 2 is 1.84 bits per heavy atom. The highest BCUT2D eigenvalue weighted by atomic mass is 32.2. The molecule has 0 saturated heterocycles. The Labute approximate surface area is 183 Å². The van der Waals surface area contributed by atoms with Crippen molar-refractivity contribution in [3.63, 3.8) is 0 Å². The second-order valence-electron chi connectivity index (χ2n) is 6.88. The Morgan fingerprint density at radius 1 is 1.10 bits per heavy atom. The van der Waals surface area contributed by atoms with Crippen molar-refractivity contribution in [1.29, 1.82) is 0 Å². The van der Waals surface area contributed by atoms with E-state index in [1.807, 2.05) is 35.8 Å². The van der Waals surface area contributed by atoms with Gasteiger partial charge in [-0.25, -0.2) is 8.42 Å². The largest absolute Gasteiger partial charge is 0.468 e. The van der Waals surface area contributed by atoms with Gasteiger partial charge in [-0.3, -0.25) is 4.79 Å². The molecule has 2 aromatic heterocycles. The van der Waals surface area contributed by atoms with Crippen molar-refractivity contribution in [3.8, 4) is 0 Å². The summed E-state index contributed by atoms with van der Waals surface area (Å²) in [6.45, 7) is 2.81. The number of aryl methyl sites for hydroxylation is 1. The number of thiazole rings is 1. The van der Waals surface area contributed by atoms with E-state index >= 15 is 0 Å². The highest BCUT2D eigenvalue weighted by molar-refractivity contribution is 7.89. The summed E-state index contributed by atoms with van der Waals surface area (Å²) in [5.41, 5.74) is 1.36. The van der Waals surface area contributed by atoms with Gasteiger partial charge in [0.05, 0.1) is 27.9 Å². The molecule has 0 aliphatic rings. The van der Waals surface area contributed by atoms with Crippen LogP contribution >= 0.6 is 11.3 Å². The minimum absolute atomic E-state index is 0.101. The molecule has 2 heterocycles. The van der Waals surface area contributed by atoms with Crippen molar-refractivity contribution in [1.82, 2.24) is 8.87 Å². The van der Waals surface area contributed by atoms with E-state index in [9.17, 15) is 13.2 Å². The molecule has 0 bridgehead atoms. The van der Waals surface area contributed by atoms with Gasteiger partial charge in [0.2, 0.25) is 10.0 Å². The van der Waals surface area contributed by atoms with Gasteiger partial charge in [0.1, 0.15) is 5.76 Å². The van der Waals surface area contributed by atoms with Gasteiger partial charge in [-0.15, -0.1) is 0 Å². The van der Waals surface area contributed by atoms with Crippen LogP contribution in [0.2, 0.25) is 0 Å². The molecule has 7 nitrogen and oxygen atoms in total. The minimum Gasteiger partial charge on any atom is -0.468 e. The molecular weight excluding hydrogens is 434 g/mol. The molecule has 0 atom stereocenters. The predicted octanol–water partition coefficient (Wildman–Crippen LogP) is 3.88. The van der Waals surface area contributed by atoms with Crippen LogP contribution in [0.1, 0.15) is 23.0 Å². The lowest BCUT2D eigenvalue weighted by Crippen LogP contribution is -2.26. The van der Waals surface area contributed by atoms with Crippen LogP contribution in [0.5, 0.6) is 0 Å².